The van der Waals surface area contributed by atoms with Gasteiger partial charge in [-0.2, -0.15) is 0 Å². The summed E-state index contributed by atoms with van der Waals surface area (Å²) in [5.74, 6) is 0. The first-order chi connectivity index (χ1) is 9.34. The summed E-state index contributed by atoms with van der Waals surface area (Å²) in [6.07, 6.45) is 10.1. The Morgan fingerprint density at radius 2 is 1.89 bits per heavy atom. The Hall–Kier alpha value is -0.160. The molecule has 19 heavy (non-hydrogen) atoms. The second-order valence-corrected chi connectivity index (χ2v) is 5.89. The normalized spacial score (nSPS) is 27.3. The summed E-state index contributed by atoms with van der Waals surface area (Å²) in [5.41, 5.74) is 0. The van der Waals surface area contributed by atoms with Crippen LogP contribution < -0.4 is 5.32 Å². The lowest BCUT2D eigenvalue weighted by atomic mass is 9.98. The van der Waals surface area contributed by atoms with Crippen LogP contribution in [0, 0.1) is 0 Å². The van der Waals surface area contributed by atoms with Crippen molar-refractivity contribution in [1.82, 2.24) is 5.32 Å². The van der Waals surface area contributed by atoms with E-state index in [4.69, 9.17) is 9.47 Å². The van der Waals surface area contributed by atoms with E-state index in [1.54, 1.807) is 0 Å². The highest BCUT2D eigenvalue weighted by Gasteiger charge is 2.16. The highest BCUT2D eigenvalue weighted by Crippen LogP contribution is 2.20. The SMILES string of the molecule is OC(CNCC1CCCCO1)COC1CCCCC1. The van der Waals surface area contributed by atoms with Gasteiger partial charge in [0.2, 0.25) is 0 Å². The molecule has 1 heterocycles. The van der Waals surface area contributed by atoms with E-state index < -0.39 is 6.10 Å². The Labute approximate surface area is 116 Å². The second-order valence-electron chi connectivity index (χ2n) is 5.89. The number of rotatable bonds is 7. The van der Waals surface area contributed by atoms with Crippen molar-refractivity contribution in [3.05, 3.63) is 0 Å². The van der Waals surface area contributed by atoms with E-state index in [0.29, 0.717) is 25.4 Å². The van der Waals surface area contributed by atoms with Gasteiger partial charge < -0.3 is 19.9 Å². The molecule has 4 nitrogen and oxygen atoms in total. The number of hydrogen-bond acceptors (Lipinski definition) is 4. The highest BCUT2D eigenvalue weighted by atomic mass is 16.5. The Bertz CT molecular complexity index is 225. The molecule has 0 bridgehead atoms. The van der Waals surface area contributed by atoms with E-state index in [1.165, 1.54) is 32.1 Å². The van der Waals surface area contributed by atoms with Crippen LogP contribution >= 0.6 is 0 Å². The topological polar surface area (TPSA) is 50.7 Å². The molecule has 4 heteroatoms. The van der Waals surface area contributed by atoms with Crippen molar-refractivity contribution in [1.29, 1.82) is 0 Å². The van der Waals surface area contributed by atoms with Gasteiger partial charge >= 0.3 is 0 Å². The van der Waals surface area contributed by atoms with Gasteiger partial charge in [-0.1, -0.05) is 19.3 Å². The van der Waals surface area contributed by atoms with Crippen LogP contribution in [0.3, 0.4) is 0 Å². The largest absolute Gasteiger partial charge is 0.389 e. The van der Waals surface area contributed by atoms with Gasteiger partial charge in [0.1, 0.15) is 0 Å². The molecule has 0 aromatic carbocycles. The van der Waals surface area contributed by atoms with E-state index >= 15 is 0 Å². The molecule has 1 aliphatic carbocycles. The average Bonchev–Trinajstić information content (AvgIpc) is 2.47. The number of ether oxygens (including phenoxy) is 2. The molecule has 2 fully saturated rings. The zero-order valence-corrected chi connectivity index (χ0v) is 12.0. The molecule has 2 unspecified atom stereocenters. The molecule has 1 saturated heterocycles. The van der Waals surface area contributed by atoms with Crippen LogP contribution in [0.2, 0.25) is 0 Å². The number of nitrogens with one attached hydrogen (secondary N) is 1. The fourth-order valence-corrected chi connectivity index (χ4v) is 2.92. The Kier molecular flexibility index (Phi) is 7.14. The molecule has 0 aromatic heterocycles. The molecule has 0 spiro atoms. The summed E-state index contributed by atoms with van der Waals surface area (Å²) in [5, 5.41) is 13.2. The number of aliphatic hydroxyl groups excluding tert-OH is 1. The maximum Gasteiger partial charge on any atom is 0.0897 e. The molecule has 0 amide bonds. The average molecular weight is 271 g/mol. The van der Waals surface area contributed by atoms with Crippen LogP contribution in [0.4, 0.5) is 0 Å². The minimum atomic E-state index is -0.398. The van der Waals surface area contributed by atoms with E-state index in [0.717, 1.165) is 32.4 Å². The van der Waals surface area contributed by atoms with Crippen LogP contribution in [0.25, 0.3) is 0 Å². The first-order valence-corrected chi connectivity index (χ1v) is 7.96. The molecule has 2 rings (SSSR count). The zero-order valence-electron chi connectivity index (χ0n) is 12.0. The van der Waals surface area contributed by atoms with Crippen molar-refractivity contribution in [2.24, 2.45) is 0 Å². The van der Waals surface area contributed by atoms with Crippen molar-refractivity contribution < 1.29 is 14.6 Å². The molecule has 2 N–H and O–H groups in total. The molecule has 0 aromatic rings. The lowest BCUT2D eigenvalue weighted by Gasteiger charge is -2.25. The highest BCUT2D eigenvalue weighted by molar-refractivity contribution is 4.69. The van der Waals surface area contributed by atoms with E-state index in [1.807, 2.05) is 0 Å². The summed E-state index contributed by atoms with van der Waals surface area (Å²) in [7, 11) is 0. The lowest BCUT2D eigenvalue weighted by molar-refractivity contribution is -0.0256. The third-order valence-electron chi connectivity index (χ3n) is 4.10. The van der Waals surface area contributed by atoms with E-state index in [9.17, 15) is 5.11 Å². The third kappa shape index (κ3) is 6.21. The number of aliphatic hydroxyl groups is 1. The fourth-order valence-electron chi connectivity index (χ4n) is 2.92. The second kappa shape index (κ2) is 8.90. The molecule has 0 radical (unpaired) electrons. The maximum atomic E-state index is 9.88. The van der Waals surface area contributed by atoms with Crippen molar-refractivity contribution in [2.75, 3.05) is 26.3 Å². The Morgan fingerprint density at radius 3 is 2.63 bits per heavy atom. The summed E-state index contributed by atoms with van der Waals surface area (Å²) in [6.45, 7) is 2.80. The smallest absolute Gasteiger partial charge is 0.0897 e. The summed E-state index contributed by atoms with van der Waals surface area (Å²) in [4.78, 5) is 0. The predicted octanol–water partition coefficient (Wildman–Crippen LogP) is 1.86. The quantitative estimate of drug-likeness (QED) is 0.742. The van der Waals surface area contributed by atoms with E-state index in [2.05, 4.69) is 5.32 Å². The van der Waals surface area contributed by atoms with E-state index in [-0.39, 0.29) is 0 Å². The van der Waals surface area contributed by atoms with Gasteiger partial charge in [0.05, 0.1) is 24.9 Å². The first-order valence-electron chi connectivity index (χ1n) is 7.96. The van der Waals surface area contributed by atoms with Gasteiger partial charge in [-0.15, -0.1) is 0 Å². The molecule has 1 aliphatic heterocycles. The monoisotopic (exact) mass is 271 g/mol. The standard InChI is InChI=1S/C15H29NO3/c17-13(12-19-14-6-2-1-3-7-14)10-16-11-15-8-4-5-9-18-15/h13-17H,1-12H2. The molecular formula is C15H29NO3. The van der Waals surface area contributed by atoms with Gasteiger partial charge in [-0.05, 0) is 32.1 Å². The van der Waals surface area contributed by atoms with Gasteiger partial charge in [0.15, 0.2) is 0 Å². The van der Waals surface area contributed by atoms with Crippen molar-refractivity contribution in [2.45, 2.75) is 69.7 Å². The number of hydrogen-bond donors (Lipinski definition) is 2. The molecular weight excluding hydrogens is 242 g/mol. The van der Waals surface area contributed by atoms with Crippen LogP contribution in [0.5, 0.6) is 0 Å². The van der Waals surface area contributed by atoms with Gasteiger partial charge in [-0.25, -0.2) is 0 Å². The van der Waals surface area contributed by atoms with Gasteiger partial charge in [0, 0.05) is 19.7 Å². The van der Waals surface area contributed by atoms with Gasteiger partial charge in [-0.3, -0.25) is 0 Å². The molecule has 1 saturated carbocycles. The van der Waals surface area contributed by atoms with Crippen LogP contribution in [-0.2, 0) is 9.47 Å². The van der Waals surface area contributed by atoms with Crippen LogP contribution in [-0.4, -0.2) is 49.7 Å². The Balaban J connectivity index is 1.47. The minimum Gasteiger partial charge on any atom is -0.389 e. The molecule has 112 valence electrons. The Morgan fingerprint density at radius 1 is 1.11 bits per heavy atom. The van der Waals surface area contributed by atoms with Crippen molar-refractivity contribution in [3.8, 4) is 0 Å². The summed E-state index contributed by atoms with van der Waals surface area (Å²) >= 11 is 0. The minimum absolute atomic E-state index is 0.334. The first kappa shape index (κ1) is 15.2. The maximum absolute atomic E-state index is 9.88. The molecule has 2 aliphatic rings. The van der Waals surface area contributed by atoms with Gasteiger partial charge in [0.25, 0.3) is 0 Å². The van der Waals surface area contributed by atoms with Crippen LogP contribution in [0.1, 0.15) is 51.4 Å². The predicted molar refractivity (Wildman–Crippen MR) is 75.3 cm³/mol. The van der Waals surface area contributed by atoms with Crippen LogP contribution in [0.15, 0.2) is 0 Å². The van der Waals surface area contributed by atoms with Crippen molar-refractivity contribution >= 4 is 0 Å². The summed E-state index contributed by atoms with van der Waals surface area (Å²) < 4.78 is 11.4. The fraction of sp³-hybridized carbons (Fsp3) is 1.00. The third-order valence-corrected chi connectivity index (χ3v) is 4.10. The zero-order chi connectivity index (χ0) is 13.3. The van der Waals surface area contributed by atoms with Crippen molar-refractivity contribution in [3.63, 3.8) is 0 Å². The lowest BCUT2D eigenvalue weighted by Crippen LogP contribution is -2.38. The summed E-state index contributed by atoms with van der Waals surface area (Å²) in [6, 6.07) is 0. The molecule has 2 atom stereocenters.